The van der Waals surface area contributed by atoms with Gasteiger partial charge in [-0.3, -0.25) is 4.79 Å². The lowest BCUT2D eigenvalue weighted by molar-refractivity contribution is -0.142. The lowest BCUT2D eigenvalue weighted by Gasteiger charge is -2.13. The first-order chi connectivity index (χ1) is 5.75. The van der Waals surface area contributed by atoms with Crippen LogP contribution < -0.4 is 5.32 Å². The van der Waals surface area contributed by atoms with Crippen LogP contribution >= 0.6 is 0 Å². The first-order valence-corrected chi connectivity index (χ1v) is 4.39. The second-order valence-corrected chi connectivity index (χ2v) is 3.29. The maximum absolute atomic E-state index is 10.7. The van der Waals surface area contributed by atoms with Crippen LogP contribution in [0.4, 0.5) is 0 Å². The van der Waals surface area contributed by atoms with Crippen molar-refractivity contribution in [1.29, 1.82) is 0 Å². The highest BCUT2D eigenvalue weighted by Crippen LogP contribution is 2.22. The predicted molar refractivity (Wildman–Crippen MR) is 47.3 cm³/mol. The Kier molecular flexibility index (Phi) is 3.60. The minimum Gasteiger partial charge on any atom is -0.481 e. The summed E-state index contributed by atoms with van der Waals surface area (Å²) in [5, 5.41) is 11.9. The zero-order valence-corrected chi connectivity index (χ0v) is 7.12. The van der Waals surface area contributed by atoms with Crippen molar-refractivity contribution in [2.24, 2.45) is 11.8 Å². The first kappa shape index (κ1) is 9.58. The van der Waals surface area contributed by atoms with Crippen LogP contribution in [0.25, 0.3) is 0 Å². The van der Waals surface area contributed by atoms with Gasteiger partial charge in [-0.25, -0.2) is 0 Å². The van der Waals surface area contributed by atoms with Crippen molar-refractivity contribution >= 4 is 13.8 Å². The third-order valence-corrected chi connectivity index (χ3v) is 2.44. The topological polar surface area (TPSA) is 49.3 Å². The maximum atomic E-state index is 10.7. The average Bonchev–Trinajstić information content (AvgIpc) is 2.48. The normalized spacial score (nSPS) is 29.0. The number of aliphatic carboxylic acids is 1. The van der Waals surface area contributed by atoms with E-state index in [9.17, 15) is 4.79 Å². The van der Waals surface area contributed by atoms with Crippen molar-refractivity contribution in [3.8, 4) is 0 Å². The van der Waals surface area contributed by atoms with E-state index in [4.69, 9.17) is 13.0 Å². The lowest BCUT2D eigenvalue weighted by Crippen LogP contribution is -2.22. The SMILES string of the molecule is [B]CCC[C@@H]1CNC[C@H]1C(=O)O. The summed E-state index contributed by atoms with van der Waals surface area (Å²) in [7, 11) is 5.36. The Morgan fingerprint density at radius 3 is 2.92 bits per heavy atom. The Bertz CT molecular complexity index is 163. The molecule has 0 unspecified atom stereocenters. The molecule has 0 saturated carbocycles. The molecule has 2 atom stereocenters. The van der Waals surface area contributed by atoms with Crippen LogP contribution in [0, 0.1) is 11.8 Å². The van der Waals surface area contributed by atoms with Crippen molar-refractivity contribution in [3.63, 3.8) is 0 Å². The lowest BCUT2D eigenvalue weighted by atomic mass is 9.88. The van der Waals surface area contributed by atoms with E-state index in [0.717, 1.165) is 19.4 Å². The van der Waals surface area contributed by atoms with Crippen LogP contribution in [-0.2, 0) is 4.79 Å². The van der Waals surface area contributed by atoms with Crippen molar-refractivity contribution in [3.05, 3.63) is 0 Å². The zero-order chi connectivity index (χ0) is 8.97. The minimum absolute atomic E-state index is 0.198. The summed E-state index contributed by atoms with van der Waals surface area (Å²) in [6, 6.07) is 0. The molecule has 1 fully saturated rings. The third kappa shape index (κ3) is 2.24. The summed E-state index contributed by atoms with van der Waals surface area (Å²) in [4.78, 5) is 10.7. The molecular weight excluding hydrogens is 153 g/mol. The molecule has 0 aliphatic carbocycles. The average molecular weight is 167 g/mol. The smallest absolute Gasteiger partial charge is 0.308 e. The molecule has 1 aliphatic rings. The van der Waals surface area contributed by atoms with Gasteiger partial charge < -0.3 is 10.4 Å². The molecule has 0 bridgehead atoms. The molecular formula is C8H14BNO2. The summed E-state index contributed by atoms with van der Waals surface area (Å²) < 4.78 is 0. The van der Waals surface area contributed by atoms with E-state index >= 15 is 0 Å². The van der Waals surface area contributed by atoms with Crippen LogP contribution in [-0.4, -0.2) is 32.0 Å². The Morgan fingerprint density at radius 2 is 2.33 bits per heavy atom. The van der Waals surface area contributed by atoms with Crippen LogP contribution in [0.3, 0.4) is 0 Å². The van der Waals surface area contributed by atoms with E-state index in [1.165, 1.54) is 0 Å². The number of rotatable bonds is 4. The maximum Gasteiger partial charge on any atom is 0.308 e. The van der Waals surface area contributed by atoms with E-state index in [1.54, 1.807) is 0 Å². The van der Waals surface area contributed by atoms with Gasteiger partial charge in [-0.2, -0.15) is 0 Å². The summed E-state index contributed by atoms with van der Waals surface area (Å²) in [5.41, 5.74) is 0. The highest BCUT2D eigenvalue weighted by atomic mass is 16.4. The molecule has 2 N–H and O–H groups in total. The standard InChI is InChI=1S/C8H14BNO2/c9-3-1-2-6-4-10-5-7(6)8(11)12/h6-7,10H,1-5H2,(H,11,12)/t6-,7-/m1/s1. The van der Waals surface area contributed by atoms with Crippen LogP contribution in [0.5, 0.6) is 0 Å². The third-order valence-electron chi connectivity index (χ3n) is 2.44. The van der Waals surface area contributed by atoms with Crippen molar-refractivity contribution in [2.75, 3.05) is 13.1 Å². The highest BCUT2D eigenvalue weighted by Gasteiger charge is 2.31. The van der Waals surface area contributed by atoms with E-state index in [1.807, 2.05) is 0 Å². The van der Waals surface area contributed by atoms with Gasteiger partial charge in [0.05, 0.1) is 13.8 Å². The largest absolute Gasteiger partial charge is 0.481 e. The fourth-order valence-corrected chi connectivity index (χ4v) is 1.71. The van der Waals surface area contributed by atoms with Gasteiger partial charge >= 0.3 is 5.97 Å². The first-order valence-electron chi connectivity index (χ1n) is 4.39. The molecule has 3 nitrogen and oxygen atoms in total. The zero-order valence-electron chi connectivity index (χ0n) is 7.12. The Balaban J connectivity index is 2.35. The van der Waals surface area contributed by atoms with Crippen LogP contribution in [0.2, 0.25) is 6.32 Å². The summed E-state index contributed by atoms with van der Waals surface area (Å²) in [6.45, 7) is 1.45. The Labute approximate surface area is 73.9 Å². The molecule has 1 heterocycles. The monoisotopic (exact) mass is 167 g/mol. The molecule has 66 valence electrons. The van der Waals surface area contributed by atoms with Crippen LogP contribution in [0.1, 0.15) is 12.8 Å². The fourth-order valence-electron chi connectivity index (χ4n) is 1.71. The van der Waals surface area contributed by atoms with Gasteiger partial charge in [0.25, 0.3) is 0 Å². The minimum atomic E-state index is -0.679. The fraction of sp³-hybridized carbons (Fsp3) is 0.875. The van der Waals surface area contributed by atoms with Gasteiger partial charge in [0, 0.05) is 6.54 Å². The molecule has 0 amide bonds. The van der Waals surface area contributed by atoms with E-state index < -0.39 is 5.97 Å². The number of carbonyl (C=O) groups is 1. The molecule has 1 aliphatic heterocycles. The summed E-state index contributed by atoms with van der Waals surface area (Å²) in [5.74, 6) is -0.593. The van der Waals surface area contributed by atoms with Gasteiger partial charge in [-0.1, -0.05) is 12.7 Å². The number of hydrogen-bond acceptors (Lipinski definition) is 2. The molecule has 1 rings (SSSR count). The molecule has 1 saturated heterocycles. The van der Waals surface area contributed by atoms with Gasteiger partial charge in [0.15, 0.2) is 0 Å². The number of hydrogen-bond donors (Lipinski definition) is 2. The molecule has 4 heteroatoms. The molecule has 0 aromatic rings. The number of carboxylic acids is 1. The molecule has 2 radical (unpaired) electrons. The Morgan fingerprint density at radius 1 is 1.58 bits per heavy atom. The highest BCUT2D eigenvalue weighted by molar-refractivity contribution is 6.08. The molecule has 0 aromatic carbocycles. The van der Waals surface area contributed by atoms with Crippen molar-refractivity contribution in [2.45, 2.75) is 19.2 Å². The van der Waals surface area contributed by atoms with Crippen molar-refractivity contribution < 1.29 is 9.90 Å². The second-order valence-electron chi connectivity index (χ2n) is 3.29. The molecule has 0 spiro atoms. The van der Waals surface area contributed by atoms with Crippen molar-refractivity contribution in [1.82, 2.24) is 5.32 Å². The number of carboxylic acid groups (broad SMARTS) is 1. The summed E-state index contributed by atoms with van der Waals surface area (Å²) in [6.07, 6.45) is 2.51. The summed E-state index contributed by atoms with van der Waals surface area (Å²) >= 11 is 0. The van der Waals surface area contributed by atoms with E-state index in [2.05, 4.69) is 5.32 Å². The van der Waals surface area contributed by atoms with E-state index in [-0.39, 0.29) is 11.8 Å². The molecule has 0 aromatic heterocycles. The quantitative estimate of drug-likeness (QED) is 0.591. The number of nitrogens with one attached hydrogen (secondary N) is 1. The second kappa shape index (κ2) is 4.50. The van der Waals surface area contributed by atoms with Gasteiger partial charge in [-0.05, 0) is 18.9 Å². The van der Waals surface area contributed by atoms with Gasteiger partial charge in [0.2, 0.25) is 0 Å². The Hall–Kier alpha value is -0.505. The van der Waals surface area contributed by atoms with E-state index in [0.29, 0.717) is 12.9 Å². The van der Waals surface area contributed by atoms with Gasteiger partial charge in [0.1, 0.15) is 0 Å². The van der Waals surface area contributed by atoms with Gasteiger partial charge in [-0.15, -0.1) is 0 Å². The predicted octanol–water partition coefficient (Wildman–Crippen LogP) is 0.274. The molecule has 12 heavy (non-hydrogen) atoms. The van der Waals surface area contributed by atoms with Crippen LogP contribution in [0.15, 0.2) is 0 Å².